The maximum atomic E-state index is 12.9. The number of hydrogen-bond donors (Lipinski definition) is 2. The van der Waals surface area contributed by atoms with Crippen molar-refractivity contribution < 1.29 is 9.59 Å². The second-order valence-electron chi connectivity index (χ2n) is 6.00. The predicted molar refractivity (Wildman–Crippen MR) is 106 cm³/mol. The summed E-state index contributed by atoms with van der Waals surface area (Å²) in [5.41, 5.74) is 2.72. The molecule has 0 saturated carbocycles. The van der Waals surface area contributed by atoms with Crippen LogP contribution in [-0.4, -0.2) is 17.9 Å². The van der Waals surface area contributed by atoms with Crippen LogP contribution in [0.15, 0.2) is 72.1 Å². The molecule has 3 aromatic rings. The van der Waals surface area contributed by atoms with Crippen LogP contribution >= 0.6 is 11.3 Å². The van der Waals surface area contributed by atoms with Crippen LogP contribution in [0.2, 0.25) is 0 Å². The van der Waals surface area contributed by atoms with Crippen LogP contribution in [0.1, 0.15) is 20.8 Å². The zero-order chi connectivity index (χ0) is 18.4. The van der Waals surface area contributed by atoms with Gasteiger partial charge in [0.25, 0.3) is 5.91 Å². The zero-order valence-corrected chi connectivity index (χ0v) is 15.3. The number of hydrogen-bond acceptors (Lipinski definition) is 3. The number of aryl methyl sites for hydroxylation is 1. The molecule has 2 N–H and O–H groups in total. The Labute approximate surface area is 156 Å². The number of carbonyl (C=O) groups excluding carboxylic acids is 2. The minimum atomic E-state index is -0.661. The molecule has 0 aliphatic heterocycles. The molecule has 1 atom stereocenters. The third kappa shape index (κ3) is 4.58. The topological polar surface area (TPSA) is 58.2 Å². The molecule has 5 heteroatoms. The summed E-state index contributed by atoms with van der Waals surface area (Å²) in [5, 5.41) is 7.64. The van der Waals surface area contributed by atoms with E-state index in [0.717, 1.165) is 16.8 Å². The first-order valence-corrected chi connectivity index (χ1v) is 9.26. The number of benzene rings is 2. The molecule has 0 radical (unpaired) electrons. The molecule has 3 rings (SSSR count). The summed E-state index contributed by atoms with van der Waals surface area (Å²) in [6.45, 7) is 1.94. The summed E-state index contributed by atoms with van der Waals surface area (Å²) < 4.78 is 0. The SMILES string of the molecule is Cc1ccccc1NC(=O)C(Cc1ccccc1)NC(=O)c1cccs1. The Kier molecular flexibility index (Phi) is 5.81. The van der Waals surface area contributed by atoms with Crippen molar-refractivity contribution in [3.05, 3.63) is 88.1 Å². The Balaban J connectivity index is 1.78. The summed E-state index contributed by atoms with van der Waals surface area (Å²) in [6.07, 6.45) is 0.426. The van der Waals surface area contributed by atoms with Crippen LogP contribution in [-0.2, 0) is 11.2 Å². The van der Waals surface area contributed by atoms with Gasteiger partial charge in [0.05, 0.1) is 4.88 Å². The van der Waals surface area contributed by atoms with Gasteiger partial charge in [-0.3, -0.25) is 9.59 Å². The average molecular weight is 364 g/mol. The Morgan fingerprint density at radius 3 is 2.38 bits per heavy atom. The van der Waals surface area contributed by atoms with E-state index < -0.39 is 6.04 Å². The van der Waals surface area contributed by atoms with Crippen LogP contribution in [0.25, 0.3) is 0 Å². The number of anilines is 1. The van der Waals surface area contributed by atoms with E-state index >= 15 is 0 Å². The van der Waals surface area contributed by atoms with Crippen LogP contribution in [0.4, 0.5) is 5.69 Å². The van der Waals surface area contributed by atoms with E-state index in [0.29, 0.717) is 11.3 Å². The van der Waals surface area contributed by atoms with Crippen LogP contribution < -0.4 is 10.6 Å². The third-order valence-electron chi connectivity index (χ3n) is 4.05. The van der Waals surface area contributed by atoms with Crippen molar-refractivity contribution in [2.45, 2.75) is 19.4 Å². The predicted octanol–water partition coefficient (Wildman–Crippen LogP) is 4.04. The Morgan fingerprint density at radius 2 is 1.69 bits per heavy atom. The van der Waals surface area contributed by atoms with Gasteiger partial charge in [0.15, 0.2) is 0 Å². The first-order valence-electron chi connectivity index (χ1n) is 8.38. The van der Waals surface area contributed by atoms with Crippen molar-refractivity contribution in [3.63, 3.8) is 0 Å². The van der Waals surface area contributed by atoms with Gasteiger partial charge in [-0.1, -0.05) is 54.6 Å². The second-order valence-corrected chi connectivity index (χ2v) is 6.94. The highest BCUT2D eigenvalue weighted by Gasteiger charge is 2.22. The molecule has 132 valence electrons. The van der Waals surface area contributed by atoms with Crippen molar-refractivity contribution in [1.29, 1.82) is 0 Å². The van der Waals surface area contributed by atoms with Crippen LogP contribution in [0.3, 0.4) is 0 Å². The smallest absolute Gasteiger partial charge is 0.262 e. The van der Waals surface area contributed by atoms with Gasteiger partial charge < -0.3 is 10.6 Å². The summed E-state index contributed by atoms with van der Waals surface area (Å²) in [5.74, 6) is -0.464. The van der Waals surface area contributed by atoms with E-state index in [4.69, 9.17) is 0 Å². The molecule has 26 heavy (non-hydrogen) atoms. The van der Waals surface area contributed by atoms with Crippen molar-refractivity contribution in [2.75, 3.05) is 5.32 Å². The molecule has 1 aromatic heterocycles. The van der Waals surface area contributed by atoms with Gasteiger partial charge in [-0.2, -0.15) is 0 Å². The highest BCUT2D eigenvalue weighted by Crippen LogP contribution is 2.15. The largest absolute Gasteiger partial charge is 0.339 e. The Bertz CT molecular complexity index is 876. The lowest BCUT2D eigenvalue weighted by Crippen LogP contribution is -2.45. The summed E-state index contributed by atoms with van der Waals surface area (Å²) >= 11 is 1.35. The van der Waals surface area contributed by atoms with E-state index in [1.807, 2.05) is 73.0 Å². The molecule has 0 fully saturated rings. The highest BCUT2D eigenvalue weighted by molar-refractivity contribution is 7.12. The monoisotopic (exact) mass is 364 g/mol. The van der Waals surface area contributed by atoms with E-state index in [1.54, 1.807) is 6.07 Å². The quantitative estimate of drug-likeness (QED) is 0.694. The molecule has 0 aliphatic rings. The fraction of sp³-hybridized carbons (Fsp3) is 0.143. The molecule has 1 unspecified atom stereocenters. The fourth-order valence-electron chi connectivity index (χ4n) is 2.63. The first-order chi connectivity index (χ1) is 12.6. The van der Waals surface area contributed by atoms with Crippen molar-refractivity contribution in [2.24, 2.45) is 0 Å². The van der Waals surface area contributed by atoms with Gasteiger partial charge in [-0.05, 0) is 35.6 Å². The van der Waals surface area contributed by atoms with Crippen molar-refractivity contribution in [3.8, 4) is 0 Å². The molecule has 0 saturated heterocycles. The Morgan fingerprint density at radius 1 is 0.962 bits per heavy atom. The van der Waals surface area contributed by atoms with Gasteiger partial charge in [0.1, 0.15) is 6.04 Å². The molecule has 2 amide bonds. The third-order valence-corrected chi connectivity index (χ3v) is 4.92. The fourth-order valence-corrected chi connectivity index (χ4v) is 3.26. The van der Waals surface area contributed by atoms with Gasteiger partial charge >= 0.3 is 0 Å². The number of carbonyl (C=O) groups is 2. The lowest BCUT2D eigenvalue weighted by Gasteiger charge is -2.19. The lowest BCUT2D eigenvalue weighted by molar-refractivity contribution is -0.118. The van der Waals surface area contributed by atoms with Gasteiger partial charge in [-0.15, -0.1) is 11.3 Å². The minimum Gasteiger partial charge on any atom is -0.339 e. The molecule has 1 heterocycles. The number of para-hydroxylation sites is 1. The average Bonchev–Trinajstić information content (AvgIpc) is 3.19. The molecule has 0 aliphatic carbocycles. The highest BCUT2D eigenvalue weighted by atomic mass is 32.1. The standard InChI is InChI=1S/C21H20N2O2S/c1-15-8-5-6-11-17(15)22-20(24)18(14-16-9-3-2-4-10-16)23-21(25)19-12-7-13-26-19/h2-13,18H,14H2,1H3,(H,22,24)(H,23,25). The maximum absolute atomic E-state index is 12.9. The number of nitrogens with one attached hydrogen (secondary N) is 2. The van der Waals surface area contributed by atoms with Gasteiger partial charge in [0.2, 0.25) is 5.91 Å². The summed E-state index contributed by atoms with van der Waals surface area (Å²) in [6, 6.07) is 20.2. The number of rotatable bonds is 6. The number of thiophene rings is 1. The summed E-state index contributed by atoms with van der Waals surface area (Å²) in [4.78, 5) is 25.9. The zero-order valence-electron chi connectivity index (χ0n) is 14.4. The van der Waals surface area contributed by atoms with Crippen molar-refractivity contribution >= 4 is 28.8 Å². The molecule has 0 spiro atoms. The lowest BCUT2D eigenvalue weighted by atomic mass is 10.0. The van der Waals surface area contributed by atoms with Crippen LogP contribution in [0, 0.1) is 6.92 Å². The van der Waals surface area contributed by atoms with E-state index in [-0.39, 0.29) is 11.8 Å². The second kappa shape index (κ2) is 8.45. The van der Waals surface area contributed by atoms with E-state index in [1.165, 1.54) is 11.3 Å². The summed E-state index contributed by atoms with van der Waals surface area (Å²) in [7, 11) is 0. The maximum Gasteiger partial charge on any atom is 0.262 e. The first kappa shape index (κ1) is 17.9. The van der Waals surface area contributed by atoms with Crippen molar-refractivity contribution in [1.82, 2.24) is 5.32 Å². The van der Waals surface area contributed by atoms with Gasteiger partial charge in [0, 0.05) is 12.1 Å². The number of amides is 2. The Hall–Kier alpha value is -2.92. The molecule has 4 nitrogen and oxygen atoms in total. The minimum absolute atomic E-state index is 0.229. The molecular formula is C21H20N2O2S. The normalized spacial score (nSPS) is 11.6. The van der Waals surface area contributed by atoms with Gasteiger partial charge in [-0.25, -0.2) is 0 Å². The molecule has 2 aromatic carbocycles. The molecular weight excluding hydrogens is 344 g/mol. The molecule has 0 bridgehead atoms. The van der Waals surface area contributed by atoms with E-state index in [9.17, 15) is 9.59 Å². The van der Waals surface area contributed by atoms with Crippen LogP contribution in [0.5, 0.6) is 0 Å². The van der Waals surface area contributed by atoms with E-state index in [2.05, 4.69) is 10.6 Å².